The Morgan fingerprint density at radius 1 is 1.29 bits per heavy atom. The van der Waals surface area contributed by atoms with Crippen LogP contribution in [0, 0.1) is 5.92 Å². The molecular weight excluding hydrogens is 272 g/mol. The SMILES string of the molecule is CCN(CCC(=O)O)C(=O)CC(C)NC(=O)C1CCCC1. The van der Waals surface area contributed by atoms with Gasteiger partial charge in [-0.3, -0.25) is 14.4 Å². The highest BCUT2D eigenvalue weighted by Gasteiger charge is 2.24. The molecule has 0 heterocycles. The van der Waals surface area contributed by atoms with E-state index >= 15 is 0 Å². The summed E-state index contributed by atoms with van der Waals surface area (Å²) in [5, 5.41) is 11.6. The van der Waals surface area contributed by atoms with Crippen LogP contribution in [0.1, 0.15) is 52.4 Å². The summed E-state index contributed by atoms with van der Waals surface area (Å²) in [4.78, 5) is 36.1. The van der Waals surface area contributed by atoms with E-state index in [0.717, 1.165) is 25.7 Å². The minimum absolute atomic E-state index is 0.0429. The first-order chi connectivity index (χ1) is 9.93. The fourth-order valence-electron chi connectivity index (χ4n) is 2.68. The van der Waals surface area contributed by atoms with E-state index in [1.165, 1.54) is 4.90 Å². The second kappa shape index (κ2) is 8.64. The molecule has 6 heteroatoms. The van der Waals surface area contributed by atoms with Crippen molar-refractivity contribution >= 4 is 17.8 Å². The van der Waals surface area contributed by atoms with Crippen molar-refractivity contribution < 1.29 is 19.5 Å². The quantitative estimate of drug-likeness (QED) is 0.709. The van der Waals surface area contributed by atoms with Crippen molar-refractivity contribution in [2.75, 3.05) is 13.1 Å². The van der Waals surface area contributed by atoms with Crippen molar-refractivity contribution in [1.82, 2.24) is 10.2 Å². The van der Waals surface area contributed by atoms with E-state index in [1.54, 1.807) is 0 Å². The third-order valence-corrected chi connectivity index (χ3v) is 3.93. The smallest absolute Gasteiger partial charge is 0.305 e. The summed E-state index contributed by atoms with van der Waals surface area (Å²) in [5.41, 5.74) is 0. The van der Waals surface area contributed by atoms with Gasteiger partial charge in [0.1, 0.15) is 0 Å². The highest BCUT2D eigenvalue weighted by Crippen LogP contribution is 2.24. The lowest BCUT2D eigenvalue weighted by molar-refractivity contribution is -0.138. The van der Waals surface area contributed by atoms with Gasteiger partial charge in [0.25, 0.3) is 0 Å². The highest BCUT2D eigenvalue weighted by molar-refractivity contribution is 5.81. The third-order valence-electron chi connectivity index (χ3n) is 3.93. The zero-order chi connectivity index (χ0) is 15.8. The van der Waals surface area contributed by atoms with Gasteiger partial charge < -0.3 is 15.3 Å². The van der Waals surface area contributed by atoms with E-state index in [1.807, 2.05) is 13.8 Å². The molecule has 1 atom stereocenters. The molecule has 1 aliphatic rings. The molecule has 120 valence electrons. The zero-order valence-electron chi connectivity index (χ0n) is 12.9. The van der Waals surface area contributed by atoms with E-state index in [9.17, 15) is 14.4 Å². The molecule has 0 aromatic carbocycles. The van der Waals surface area contributed by atoms with E-state index in [-0.39, 0.29) is 43.2 Å². The van der Waals surface area contributed by atoms with Gasteiger partial charge in [0, 0.05) is 31.5 Å². The first-order valence-corrected chi connectivity index (χ1v) is 7.74. The van der Waals surface area contributed by atoms with E-state index < -0.39 is 5.97 Å². The van der Waals surface area contributed by atoms with Gasteiger partial charge in [0.05, 0.1) is 6.42 Å². The van der Waals surface area contributed by atoms with Crippen LogP contribution in [0.25, 0.3) is 0 Å². The summed E-state index contributed by atoms with van der Waals surface area (Å²) in [6, 6.07) is -0.218. The Labute approximate surface area is 125 Å². The van der Waals surface area contributed by atoms with Crippen molar-refractivity contribution in [2.24, 2.45) is 5.92 Å². The Balaban J connectivity index is 2.37. The van der Waals surface area contributed by atoms with Gasteiger partial charge in [-0.05, 0) is 26.7 Å². The molecule has 0 aromatic rings. The van der Waals surface area contributed by atoms with Gasteiger partial charge in [-0.2, -0.15) is 0 Å². The number of carboxylic acid groups (broad SMARTS) is 1. The largest absolute Gasteiger partial charge is 0.481 e. The molecule has 2 amide bonds. The predicted octanol–water partition coefficient (Wildman–Crippen LogP) is 1.39. The molecule has 0 aliphatic heterocycles. The molecule has 1 fully saturated rings. The molecule has 1 rings (SSSR count). The van der Waals surface area contributed by atoms with Gasteiger partial charge >= 0.3 is 5.97 Å². The summed E-state index contributed by atoms with van der Waals surface area (Å²) in [6.45, 7) is 4.33. The average molecular weight is 298 g/mol. The Hall–Kier alpha value is -1.59. The monoisotopic (exact) mass is 298 g/mol. The summed E-state index contributed by atoms with van der Waals surface area (Å²) in [7, 11) is 0. The molecular formula is C15H26N2O4. The van der Waals surface area contributed by atoms with Crippen molar-refractivity contribution in [3.05, 3.63) is 0 Å². The van der Waals surface area contributed by atoms with Gasteiger partial charge in [0.15, 0.2) is 0 Å². The zero-order valence-corrected chi connectivity index (χ0v) is 12.9. The van der Waals surface area contributed by atoms with Gasteiger partial charge in [-0.1, -0.05) is 12.8 Å². The van der Waals surface area contributed by atoms with Crippen LogP contribution in [-0.2, 0) is 14.4 Å². The number of nitrogens with one attached hydrogen (secondary N) is 1. The van der Waals surface area contributed by atoms with Gasteiger partial charge in [-0.25, -0.2) is 0 Å². The molecule has 0 aromatic heterocycles. The summed E-state index contributed by atoms with van der Waals surface area (Å²) in [5.74, 6) is -0.889. The first-order valence-electron chi connectivity index (χ1n) is 7.74. The Morgan fingerprint density at radius 2 is 1.90 bits per heavy atom. The fourth-order valence-corrected chi connectivity index (χ4v) is 2.68. The minimum atomic E-state index is -0.913. The number of hydrogen-bond acceptors (Lipinski definition) is 3. The number of carboxylic acids is 1. The molecule has 6 nitrogen and oxygen atoms in total. The number of nitrogens with zero attached hydrogens (tertiary/aromatic N) is 1. The van der Waals surface area contributed by atoms with Crippen LogP contribution in [0.5, 0.6) is 0 Å². The van der Waals surface area contributed by atoms with Gasteiger partial charge in [0.2, 0.25) is 11.8 Å². The van der Waals surface area contributed by atoms with E-state index in [4.69, 9.17) is 5.11 Å². The van der Waals surface area contributed by atoms with Gasteiger partial charge in [-0.15, -0.1) is 0 Å². The molecule has 2 N–H and O–H groups in total. The lowest BCUT2D eigenvalue weighted by atomic mass is 10.1. The number of aliphatic carboxylic acids is 1. The van der Waals surface area contributed by atoms with Crippen molar-refractivity contribution in [1.29, 1.82) is 0 Å². The molecule has 1 aliphatic carbocycles. The Bertz CT molecular complexity index is 378. The van der Waals surface area contributed by atoms with Crippen LogP contribution < -0.4 is 5.32 Å². The predicted molar refractivity (Wildman–Crippen MR) is 78.7 cm³/mol. The molecule has 21 heavy (non-hydrogen) atoms. The molecule has 0 radical (unpaired) electrons. The summed E-state index contributed by atoms with van der Waals surface area (Å²) >= 11 is 0. The maximum absolute atomic E-state index is 12.1. The highest BCUT2D eigenvalue weighted by atomic mass is 16.4. The summed E-state index contributed by atoms with van der Waals surface area (Å²) in [6.07, 6.45) is 4.24. The molecule has 0 spiro atoms. The lowest BCUT2D eigenvalue weighted by Crippen LogP contribution is -2.41. The van der Waals surface area contributed by atoms with Crippen LogP contribution in [0.4, 0.5) is 0 Å². The van der Waals surface area contributed by atoms with Crippen LogP contribution in [0.15, 0.2) is 0 Å². The number of amides is 2. The van der Waals surface area contributed by atoms with E-state index in [2.05, 4.69) is 5.32 Å². The Morgan fingerprint density at radius 3 is 2.43 bits per heavy atom. The standard InChI is InChI=1S/C15H26N2O4/c1-3-17(9-8-14(19)20)13(18)10-11(2)16-15(21)12-6-4-5-7-12/h11-12H,3-10H2,1-2H3,(H,16,21)(H,19,20). The maximum atomic E-state index is 12.1. The maximum Gasteiger partial charge on any atom is 0.305 e. The molecule has 0 bridgehead atoms. The second-order valence-corrected chi connectivity index (χ2v) is 5.71. The number of hydrogen-bond donors (Lipinski definition) is 2. The fraction of sp³-hybridized carbons (Fsp3) is 0.800. The molecule has 1 saturated carbocycles. The van der Waals surface area contributed by atoms with Crippen molar-refractivity contribution in [3.63, 3.8) is 0 Å². The van der Waals surface area contributed by atoms with Crippen LogP contribution in [-0.4, -0.2) is 46.9 Å². The number of carbonyl (C=O) groups is 3. The number of rotatable bonds is 8. The first kappa shape index (κ1) is 17.5. The topological polar surface area (TPSA) is 86.7 Å². The number of carbonyl (C=O) groups excluding carboxylic acids is 2. The van der Waals surface area contributed by atoms with Crippen molar-refractivity contribution in [2.45, 2.75) is 58.4 Å². The van der Waals surface area contributed by atoms with Crippen LogP contribution >= 0.6 is 0 Å². The van der Waals surface area contributed by atoms with Crippen LogP contribution in [0.3, 0.4) is 0 Å². The van der Waals surface area contributed by atoms with Crippen molar-refractivity contribution in [3.8, 4) is 0 Å². The minimum Gasteiger partial charge on any atom is -0.481 e. The van der Waals surface area contributed by atoms with Crippen LogP contribution in [0.2, 0.25) is 0 Å². The molecule has 0 saturated heterocycles. The average Bonchev–Trinajstić information content (AvgIpc) is 2.92. The normalized spacial score (nSPS) is 16.5. The lowest BCUT2D eigenvalue weighted by Gasteiger charge is -2.23. The van der Waals surface area contributed by atoms with E-state index in [0.29, 0.717) is 6.54 Å². The molecule has 1 unspecified atom stereocenters. The summed E-state index contributed by atoms with van der Waals surface area (Å²) < 4.78 is 0. The second-order valence-electron chi connectivity index (χ2n) is 5.71. The Kier molecular flexibility index (Phi) is 7.19. The third kappa shape index (κ3) is 6.14.